The predicted molar refractivity (Wildman–Crippen MR) is 93.8 cm³/mol. The van der Waals surface area contributed by atoms with Gasteiger partial charge in [-0.25, -0.2) is 8.42 Å². The molecule has 2 aliphatic rings. The zero-order chi connectivity index (χ0) is 17.4. The lowest BCUT2D eigenvalue weighted by Gasteiger charge is -2.23. The Morgan fingerprint density at radius 2 is 2.04 bits per heavy atom. The molecule has 4 rings (SSSR count). The average Bonchev–Trinajstić information content (AvgIpc) is 3.30. The van der Waals surface area contributed by atoms with E-state index in [1.165, 1.54) is 4.31 Å². The standard InChI is InChI=1S/C17H19NO5S2/c19-10-13-8-18(9-14(13)12-4-7-24-11-12)25(20,21)16-3-1-2-15-17(16)23-6-5-22-15/h1-4,7,11,13-14,19H,5-6,8-10H2/t13-,14-/m1/s1. The van der Waals surface area contributed by atoms with Crippen LogP contribution in [-0.2, 0) is 10.0 Å². The van der Waals surface area contributed by atoms with E-state index < -0.39 is 10.0 Å². The summed E-state index contributed by atoms with van der Waals surface area (Å²) in [4.78, 5) is 0.132. The molecule has 3 heterocycles. The summed E-state index contributed by atoms with van der Waals surface area (Å²) in [5, 5.41) is 13.7. The quantitative estimate of drug-likeness (QED) is 0.876. The van der Waals surface area contributed by atoms with Crippen LogP contribution in [0, 0.1) is 5.92 Å². The van der Waals surface area contributed by atoms with E-state index in [1.807, 2.05) is 16.8 Å². The molecule has 2 aliphatic heterocycles. The molecule has 25 heavy (non-hydrogen) atoms. The van der Waals surface area contributed by atoms with Crippen molar-refractivity contribution in [3.8, 4) is 11.5 Å². The van der Waals surface area contributed by atoms with E-state index in [2.05, 4.69) is 0 Å². The maximum atomic E-state index is 13.2. The van der Waals surface area contributed by atoms with Crippen LogP contribution in [-0.4, -0.2) is 50.7 Å². The van der Waals surface area contributed by atoms with Crippen molar-refractivity contribution in [2.24, 2.45) is 5.92 Å². The third-order valence-corrected chi connectivity index (χ3v) is 7.32. The minimum atomic E-state index is -3.73. The van der Waals surface area contributed by atoms with E-state index in [-0.39, 0.29) is 29.1 Å². The molecule has 0 unspecified atom stereocenters. The van der Waals surface area contributed by atoms with Gasteiger partial charge in [-0.2, -0.15) is 15.6 Å². The fourth-order valence-corrected chi connectivity index (χ4v) is 5.86. The molecule has 1 aromatic carbocycles. The largest absolute Gasteiger partial charge is 0.486 e. The number of hydrogen-bond acceptors (Lipinski definition) is 6. The number of para-hydroxylation sites is 1. The average molecular weight is 381 g/mol. The number of sulfonamides is 1. The summed E-state index contributed by atoms with van der Waals surface area (Å²) < 4.78 is 38.9. The first-order valence-electron chi connectivity index (χ1n) is 8.13. The maximum Gasteiger partial charge on any atom is 0.246 e. The molecule has 0 spiro atoms. The molecule has 134 valence electrons. The molecule has 1 fully saturated rings. The van der Waals surface area contributed by atoms with Crippen LogP contribution in [0.15, 0.2) is 39.9 Å². The van der Waals surface area contributed by atoms with Crippen molar-refractivity contribution >= 4 is 21.4 Å². The second kappa shape index (κ2) is 6.60. The number of hydrogen-bond donors (Lipinski definition) is 1. The molecule has 1 N–H and O–H groups in total. The number of rotatable bonds is 4. The van der Waals surface area contributed by atoms with E-state index in [4.69, 9.17) is 9.47 Å². The summed E-state index contributed by atoms with van der Waals surface area (Å²) in [6.07, 6.45) is 0. The van der Waals surface area contributed by atoms with E-state index in [0.29, 0.717) is 32.1 Å². The summed E-state index contributed by atoms with van der Waals surface area (Å²) in [6.45, 7) is 1.35. The van der Waals surface area contributed by atoms with E-state index >= 15 is 0 Å². The number of nitrogens with zero attached hydrogens (tertiary/aromatic N) is 1. The summed E-state index contributed by atoms with van der Waals surface area (Å²) in [6, 6.07) is 6.92. The van der Waals surface area contributed by atoms with E-state index in [0.717, 1.165) is 5.56 Å². The van der Waals surface area contributed by atoms with Gasteiger partial charge in [0.1, 0.15) is 18.1 Å². The molecule has 8 heteroatoms. The highest BCUT2D eigenvalue weighted by Crippen LogP contribution is 2.41. The van der Waals surface area contributed by atoms with Crippen molar-refractivity contribution in [3.63, 3.8) is 0 Å². The first-order valence-corrected chi connectivity index (χ1v) is 10.5. The van der Waals surface area contributed by atoms with Gasteiger partial charge in [-0.1, -0.05) is 6.07 Å². The lowest BCUT2D eigenvalue weighted by Crippen LogP contribution is -2.30. The lowest BCUT2D eigenvalue weighted by molar-refractivity contribution is 0.166. The van der Waals surface area contributed by atoms with Gasteiger partial charge in [0.15, 0.2) is 11.5 Å². The van der Waals surface area contributed by atoms with Crippen LogP contribution in [0.5, 0.6) is 11.5 Å². The van der Waals surface area contributed by atoms with Crippen molar-refractivity contribution in [2.75, 3.05) is 32.9 Å². The SMILES string of the molecule is O=S(=O)(c1cccc2c1OCCO2)N1C[C@H](CO)[C@@H](c2ccsc2)C1. The first kappa shape index (κ1) is 16.8. The molecule has 0 aliphatic carbocycles. The first-order chi connectivity index (χ1) is 12.1. The van der Waals surface area contributed by atoms with Gasteiger partial charge < -0.3 is 14.6 Å². The number of fused-ring (bicyclic) bond motifs is 1. The Kier molecular flexibility index (Phi) is 4.45. The maximum absolute atomic E-state index is 13.2. The minimum Gasteiger partial charge on any atom is -0.486 e. The Hall–Kier alpha value is -1.61. The van der Waals surface area contributed by atoms with Gasteiger partial charge in [0.05, 0.1) is 0 Å². The Morgan fingerprint density at radius 1 is 1.20 bits per heavy atom. The Morgan fingerprint density at radius 3 is 2.80 bits per heavy atom. The molecule has 6 nitrogen and oxygen atoms in total. The van der Waals surface area contributed by atoms with Gasteiger partial charge in [-0.3, -0.25) is 0 Å². The van der Waals surface area contributed by atoms with Crippen molar-refractivity contribution < 1.29 is 23.0 Å². The number of ether oxygens (including phenoxy) is 2. The molecule has 0 radical (unpaired) electrons. The Balaban J connectivity index is 1.68. The molecule has 2 aromatic rings. The van der Waals surface area contributed by atoms with Crippen LogP contribution in [0.25, 0.3) is 0 Å². The van der Waals surface area contributed by atoms with Gasteiger partial charge in [0.25, 0.3) is 0 Å². The molecule has 0 amide bonds. The van der Waals surface area contributed by atoms with Gasteiger partial charge in [-0.05, 0) is 34.5 Å². The highest BCUT2D eigenvalue weighted by molar-refractivity contribution is 7.89. The van der Waals surface area contributed by atoms with Gasteiger partial charge in [0, 0.05) is 31.5 Å². The highest BCUT2D eigenvalue weighted by atomic mass is 32.2. The van der Waals surface area contributed by atoms with Gasteiger partial charge in [-0.15, -0.1) is 0 Å². The number of aliphatic hydroxyl groups excluding tert-OH is 1. The number of thiophene rings is 1. The fraction of sp³-hybridized carbons (Fsp3) is 0.412. The molecular formula is C17H19NO5S2. The van der Waals surface area contributed by atoms with E-state index in [9.17, 15) is 13.5 Å². The summed E-state index contributed by atoms with van der Waals surface area (Å²) in [5.74, 6) is 0.636. The number of aliphatic hydroxyl groups is 1. The molecule has 0 bridgehead atoms. The molecule has 1 saturated heterocycles. The smallest absolute Gasteiger partial charge is 0.246 e. The summed E-state index contributed by atoms with van der Waals surface area (Å²) in [5.41, 5.74) is 1.08. The van der Waals surface area contributed by atoms with Crippen molar-refractivity contribution in [1.29, 1.82) is 0 Å². The van der Waals surface area contributed by atoms with Gasteiger partial charge >= 0.3 is 0 Å². The molecule has 2 atom stereocenters. The summed E-state index contributed by atoms with van der Waals surface area (Å²) in [7, 11) is -3.73. The predicted octanol–water partition coefficient (Wildman–Crippen LogP) is 1.92. The third kappa shape index (κ3) is 2.93. The monoisotopic (exact) mass is 381 g/mol. The van der Waals surface area contributed by atoms with Crippen molar-refractivity contribution in [3.05, 3.63) is 40.6 Å². The Labute approximate surface area is 150 Å². The zero-order valence-corrected chi connectivity index (χ0v) is 15.1. The van der Waals surface area contributed by atoms with Crippen LogP contribution in [0.1, 0.15) is 11.5 Å². The van der Waals surface area contributed by atoms with Crippen LogP contribution >= 0.6 is 11.3 Å². The zero-order valence-electron chi connectivity index (χ0n) is 13.5. The normalized spacial score (nSPS) is 23.7. The topological polar surface area (TPSA) is 76.1 Å². The minimum absolute atomic E-state index is 0.00253. The van der Waals surface area contributed by atoms with Crippen LogP contribution in [0.2, 0.25) is 0 Å². The van der Waals surface area contributed by atoms with E-state index in [1.54, 1.807) is 29.5 Å². The number of benzene rings is 1. The lowest BCUT2D eigenvalue weighted by atomic mass is 9.92. The summed E-state index contributed by atoms with van der Waals surface area (Å²) >= 11 is 1.58. The highest BCUT2D eigenvalue weighted by Gasteiger charge is 2.41. The fourth-order valence-electron chi connectivity index (χ4n) is 3.47. The second-order valence-corrected chi connectivity index (χ2v) is 8.89. The Bertz CT molecular complexity index is 850. The van der Waals surface area contributed by atoms with Gasteiger partial charge in [0.2, 0.25) is 10.0 Å². The van der Waals surface area contributed by atoms with Crippen LogP contribution < -0.4 is 9.47 Å². The van der Waals surface area contributed by atoms with Crippen molar-refractivity contribution in [1.82, 2.24) is 4.31 Å². The molecule has 1 aromatic heterocycles. The third-order valence-electron chi connectivity index (χ3n) is 4.76. The van der Waals surface area contributed by atoms with Crippen molar-refractivity contribution in [2.45, 2.75) is 10.8 Å². The molecular weight excluding hydrogens is 362 g/mol. The van der Waals surface area contributed by atoms with Crippen LogP contribution in [0.4, 0.5) is 0 Å². The second-order valence-electron chi connectivity index (χ2n) is 6.21. The van der Waals surface area contributed by atoms with Crippen LogP contribution in [0.3, 0.4) is 0 Å². The molecule has 0 saturated carbocycles.